The van der Waals surface area contributed by atoms with Crippen molar-refractivity contribution in [1.82, 2.24) is 25.2 Å². The second-order valence-corrected chi connectivity index (χ2v) is 17.0. The van der Waals surface area contributed by atoms with Crippen molar-refractivity contribution in [3.05, 3.63) is 36.0 Å². The Morgan fingerprint density at radius 3 is 2.57 bits per heavy atom. The molecule has 4 amide bonds. The number of ether oxygens (including phenoxy) is 2. The highest BCUT2D eigenvalue weighted by Crippen LogP contribution is 2.47. The molecule has 3 heterocycles. The third-order valence-electron chi connectivity index (χ3n) is 11.5. The van der Waals surface area contributed by atoms with Gasteiger partial charge >= 0.3 is 6.09 Å². The van der Waals surface area contributed by atoms with Gasteiger partial charge in [-0.3, -0.25) is 19.1 Å². The fraction of sp³-hybridized carbons (Fsp3) is 0.649. The van der Waals surface area contributed by atoms with Gasteiger partial charge in [0.1, 0.15) is 23.7 Å². The van der Waals surface area contributed by atoms with Crippen molar-refractivity contribution in [2.45, 2.75) is 126 Å². The number of benzene rings is 1. The van der Waals surface area contributed by atoms with E-state index in [-0.39, 0.29) is 31.4 Å². The molecule has 1 aromatic carbocycles. The number of pyridine rings is 1. The van der Waals surface area contributed by atoms with Crippen LogP contribution in [0, 0.1) is 11.8 Å². The Labute approximate surface area is 299 Å². The van der Waals surface area contributed by atoms with E-state index in [4.69, 9.17) is 9.47 Å². The van der Waals surface area contributed by atoms with E-state index in [1.165, 1.54) is 4.90 Å². The average molecular weight is 724 g/mol. The van der Waals surface area contributed by atoms with Crippen LogP contribution in [0.2, 0.25) is 0 Å². The molecule has 51 heavy (non-hydrogen) atoms. The lowest BCUT2D eigenvalue weighted by Gasteiger charge is -2.34. The van der Waals surface area contributed by atoms with Gasteiger partial charge in [0.15, 0.2) is 0 Å². The van der Waals surface area contributed by atoms with E-state index in [1.54, 1.807) is 6.20 Å². The van der Waals surface area contributed by atoms with Gasteiger partial charge in [-0.05, 0) is 92.7 Å². The Morgan fingerprint density at radius 1 is 1.04 bits per heavy atom. The lowest BCUT2D eigenvalue weighted by Crippen LogP contribution is -2.59. The largest absolute Gasteiger partial charge is 0.472 e. The van der Waals surface area contributed by atoms with Gasteiger partial charge in [0.25, 0.3) is 5.91 Å². The Bertz CT molecular complexity index is 1780. The van der Waals surface area contributed by atoms with Gasteiger partial charge in [-0.25, -0.2) is 18.2 Å². The summed E-state index contributed by atoms with van der Waals surface area (Å²) in [7, 11) is -3.84. The van der Waals surface area contributed by atoms with Crippen molar-refractivity contribution < 1.29 is 37.1 Å². The van der Waals surface area contributed by atoms with Gasteiger partial charge in [-0.1, -0.05) is 44.7 Å². The fourth-order valence-electron chi connectivity index (χ4n) is 8.24. The minimum atomic E-state index is -3.84. The normalized spacial score (nSPS) is 29.3. The third kappa shape index (κ3) is 7.66. The van der Waals surface area contributed by atoms with E-state index in [1.807, 2.05) is 19.1 Å². The third-order valence-corrected chi connectivity index (χ3v) is 13.3. The maximum absolute atomic E-state index is 14.6. The molecule has 4 bridgehead atoms. The number of rotatable bonds is 7. The van der Waals surface area contributed by atoms with Gasteiger partial charge in [0.05, 0.1) is 18.4 Å². The number of aryl methyl sites for hydroxylation is 1. The van der Waals surface area contributed by atoms with Gasteiger partial charge in [0.2, 0.25) is 27.7 Å². The van der Waals surface area contributed by atoms with E-state index in [0.29, 0.717) is 38.0 Å². The summed E-state index contributed by atoms with van der Waals surface area (Å²) in [6.45, 7) is 2.17. The van der Waals surface area contributed by atoms with E-state index in [9.17, 15) is 27.6 Å². The van der Waals surface area contributed by atoms with Gasteiger partial charge in [-0.15, -0.1) is 0 Å². The standard InChI is InChI=1S/C37H49N5O8S/c1-2-26-21-37(26,35(45)41-51(47,48)28-14-15-28)40-32(43)30-20-27-22-42(30)34(44)31(25-10-6-3-7-11-25)39-36(46)49-18-8-4-5-9-23-12-13-24-16-17-38-33(50-27)29(24)19-23/h12-13,16-17,19,25-28,30-31H,2-11,14-15,18,20-22H2,1H3,(H,39,46)(H,40,43)(H,41,45)/t26-,27-,30+,31+,37?/m1/s1. The van der Waals surface area contributed by atoms with E-state index < -0.39 is 62.8 Å². The fourth-order valence-corrected chi connectivity index (χ4v) is 9.60. The molecule has 4 fully saturated rings. The van der Waals surface area contributed by atoms with Gasteiger partial charge in [-0.2, -0.15) is 0 Å². The Morgan fingerprint density at radius 2 is 1.82 bits per heavy atom. The first-order valence-corrected chi connectivity index (χ1v) is 20.3. The van der Waals surface area contributed by atoms with Crippen molar-refractivity contribution in [3.8, 4) is 5.88 Å². The minimum Gasteiger partial charge on any atom is -0.472 e. The van der Waals surface area contributed by atoms with Crippen LogP contribution in [0.15, 0.2) is 30.5 Å². The smallest absolute Gasteiger partial charge is 0.407 e. The molecular weight excluding hydrogens is 675 g/mol. The summed E-state index contributed by atoms with van der Waals surface area (Å²) in [5.41, 5.74) is -0.273. The number of cyclic esters (lactones) is 1. The van der Waals surface area contributed by atoms with Crippen LogP contribution in [0.3, 0.4) is 0 Å². The zero-order chi connectivity index (χ0) is 35.8. The number of aromatic nitrogens is 1. The first kappa shape index (κ1) is 35.5. The SMILES string of the molecule is CC[C@@H]1CC1(NC(=O)[C@@H]1C[C@@H]2CN1C(=O)[C@H](C1CCCCC1)NC(=O)OCCCCCc1ccc3ccnc(c3c1)O2)C(=O)NS(=O)(=O)C1CC1. The highest BCUT2D eigenvalue weighted by Gasteiger charge is 2.62. The summed E-state index contributed by atoms with van der Waals surface area (Å²) in [6, 6.07) is 6.16. The molecule has 13 nitrogen and oxygen atoms in total. The molecule has 14 heteroatoms. The molecule has 0 spiro atoms. The number of fused-ring (bicyclic) bond motifs is 3. The molecule has 1 saturated heterocycles. The number of nitrogens with one attached hydrogen (secondary N) is 3. The van der Waals surface area contributed by atoms with Gasteiger partial charge in [0, 0.05) is 18.0 Å². The highest BCUT2D eigenvalue weighted by molar-refractivity contribution is 7.91. The summed E-state index contributed by atoms with van der Waals surface area (Å²) in [4.78, 5) is 61.7. The molecule has 2 aliphatic heterocycles. The Kier molecular flexibility index (Phi) is 10.1. The minimum absolute atomic E-state index is 0.0566. The lowest BCUT2D eigenvalue weighted by atomic mass is 9.83. The van der Waals surface area contributed by atoms with Crippen molar-refractivity contribution in [2.24, 2.45) is 11.8 Å². The molecule has 3 aliphatic carbocycles. The second kappa shape index (κ2) is 14.6. The summed E-state index contributed by atoms with van der Waals surface area (Å²) in [6.07, 6.45) is 10.1. The van der Waals surface area contributed by atoms with Crippen LogP contribution in [-0.2, 0) is 35.6 Å². The number of sulfonamides is 1. The van der Waals surface area contributed by atoms with Crippen LogP contribution < -0.4 is 20.1 Å². The number of hydrogen-bond donors (Lipinski definition) is 3. The zero-order valence-corrected chi connectivity index (χ0v) is 30.0. The monoisotopic (exact) mass is 723 g/mol. The lowest BCUT2D eigenvalue weighted by molar-refractivity contribution is -0.142. The number of nitrogens with zero attached hydrogens (tertiary/aromatic N) is 2. The van der Waals surface area contributed by atoms with Crippen molar-refractivity contribution in [2.75, 3.05) is 13.2 Å². The molecule has 2 aromatic rings. The predicted molar refractivity (Wildman–Crippen MR) is 188 cm³/mol. The Balaban J connectivity index is 1.20. The average Bonchev–Trinajstić information content (AvgIpc) is 4.05. The quantitative estimate of drug-likeness (QED) is 0.383. The molecule has 3 N–H and O–H groups in total. The van der Waals surface area contributed by atoms with E-state index in [2.05, 4.69) is 32.5 Å². The maximum Gasteiger partial charge on any atom is 0.407 e. The van der Waals surface area contributed by atoms with E-state index >= 15 is 0 Å². The zero-order valence-electron chi connectivity index (χ0n) is 29.2. The molecule has 7 rings (SSSR count). The van der Waals surface area contributed by atoms with Crippen LogP contribution in [0.4, 0.5) is 4.79 Å². The van der Waals surface area contributed by atoms with Crippen LogP contribution in [0.25, 0.3) is 10.8 Å². The summed E-state index contributed by atoms with van der Waals surface area (Å²) >= 11 is 0. The maximum atomic E-state index is 14.6. The predicted octanol–water partition coefficient (Wildman–Crippen LogP) is 3.88. The van der Waals surface area contributed by atoms with Crippen LogP contribution in [0.5, 0.6) is 5.88 Å². The molecule has 276 valence electrons. The molecule has 1 unspecified atom stereocenters. The summed E-state index contributed by atoms with van der Waals surface area (Å²) in [5, 5.41) is 6.99. The molecule has 1 aromatic heterocycles. The first-order valence-electron chi connectivity index (χ1n) is 18.7. The van der Waals surface area contributed by atoms with E-state index in [0.717, 1.165) is 67.7 Å². The number of alkyl carbamates (subject to hydrolysis) is 1. The molecule has 5 atom stereocenters. The topological polar surface area (TPSA) is 173 Å². The van der Waals surface area contributed by atoms with Gasteiger partial charge < -0.3 is 25.0 Å². The highest BCUT2D eigenvalue weighted by atomic mass is 32.2. The second-order valence-electron chi connectivity index (χ2n) is 15.1. The molecular formula is C37H49N5O8S. The molecule has 0 radical (unpaired) electrons. The van der Waals surface area contributed by atoms with Crippen LogP contribution in [-0.4, -0.2) is 84.2 Å². The van der Waals surface area contributed by atoms with Crippen LogP contribution in [0.1, 0.15) is 96.0 Å². The number of amides is 4. The van der Waals surface area contributed by atoms with Crippen molar-refractivity contribution in [3.63, 3.8) is 0 Å². The summed E-state index contributed by atoms with van der Waals surface area (Å²) < 4.78 is 39.8. The first-order chi connectivity index (χ1) is 24.6. The molecule has 3 saturated carbocycles. The summed E-state index contributed by atoms with van der Waals surface area (Å²) in [5.74, 6) is -1.68. The number of carbonyl (C=O) groups excluding carboxylic acids is 4. The Hall–Kier alpha value is -3.94. The van der Waals surface area contributed by atoms with Crippen molar-refractivity contribution >= 4 is 44.6 Å². The number of hydrogen-bond acceptors (Lipinski definition) is 9. The van der Waals surface area contributed by atoms with Crippen LogP contribution >= 0.6 is 0 Å². The number of carbonyl (C=O) groups is 4. The molecule has 5 aliphatic rings. The van der Waals surface area contributed by atoms with Crippen molar-refractivity contribution in [1.29, 1.82) is 0 Å².